The molecule has 0 heterocycles. The fraction of sp³-hybridized carbons (Fsp3) is 0.944. The van der Waals surface area contributed by atoms with E-state index in [4.69, 9.17) is 4.74 Å². The van der Waals surface area contributed by atoms with Crippen LogP contribution in [0.2, 0.25) is 0 Å². The molecule has 0 aromatic carbocycles. The monoisotopic (exact) mass is 1090 g/mol. The summed E-state index contributed by atoms with van der Waals surface area (Å²) in [5, 5.41) is 23.2. The van der Waals surface area contributed by atoms with Crippen molar-refractivity contribution < 1.29 is 24.5 Å². The van der Waals surface area contributed by atoms with Gasteiger partial charge in [-0.15, -0.1) is 0 Å². The number of rotatable bonds is 67. The summed E-state index contributed by atoms with van der Waals surface area (Å²) < 4.78 is 5.50. The van der Waals surface area contributed by atoms with E-state index in [9.17, 15) is 19.8 Å². The van der Waals surface area contributed by atoms with Crippen LogP contribution >= 0.6 is 0 Å². The predicted molar refractivity (Wildman–Crippen MR) is 338 cm³/mol. The second kappa shape index (κ2) is 67.1. The van der Waals surface area contributed by atoms with Crippen LogP contribution in [0.15, 0.2) is 12.2 Å². The van der Waals surface area contributed by atoms with Crippen molar-refractivity contribution in [3.05, 3.63) is 12.2 Å². The van der Waals surface area contributed by atoms with Gasteiger partial charge in [0, 0.05) is 12.8 Å². The molecule has 0 aromatic heterocycles. The summed E-state index contributed by atoms with van der Waals surface area (Å²) >= 11 is 0. The van der Waals surface area contributed by atoms with Gasteiger partial charge in [0.15, 0.2) is 0 Å². The number of allylic oxidation sites excluding steroid dienone is 1. The first-order valence-corrected chi connectivity index (χ1v) is 35.5. The predicted octanol–water partition coefficient (Wildman–Crippen LogP) is 22.8. The fourth-order valence-corrected chi connectivity index (χ4v) is 11.4. The topological polar surface area (TPSA) is 95.9 Å². The Balaban J connectivity index is 3.34. The number of unbranched alkanes of at least 4 members (excludes halogenated alkanes) is 56. The lowest BCUT2D eigenvalue weighted by atomic mass is 10.0. The summed E-state index contributed by atoms with van der Waals surface area (Å²) in [6, 6.07) is -0.624. The first-order valence-electron chi connectivity index (χ1n) is 35.5. The molecule has 0 aliphatic rings. The summed E-state index contributed by atoms with van der Waals surface area (Å²) in [6.45, 7) is 4.95. The number of hydrogen-bond acceptors (Lipinski definition) is 5. The molecule has 6 heteroatoms. The molecule has 0 aromatic rings. The van der Waals surface area contributed by atoms with E-state index < -0.39 is 12.1 Å². The third-order valence-corrected chi connectivity index (χ3v) is 16.8. The zero-order chi connectivity index (χ0) is 55.7. The molecule has 2 unspecified atom stereocenters. The summed E-state index contributed by atoms with van der Waals surface area (Å²) in [5.74, 6) is -0.0381. The van der Waals surface area contributed by atoms with Crippen molar-refractivity contribution in [3.8, 4) is 0 Å². The van der Waals surface area contributed by atoms with Crippen molar-refractivity contribution in [1.29, 1.82) is 0 Å². The lowest BCUT2D eigenvalue weighted by Crippen LogP contribution is -2.45. The number of amides is 1. The molecule has 0 bridgehead atoms. The number of hydrogen-bond donors (Lipinski definition) is 3. The van der Waals surface area contributed by atoms with Crippen LogP contribution in [0.3, 0.4) is 0 Å². The first kappa shape index (κ1) is 75.6. The van der Waals surface area contributed by atoms with Crippen molar-refractivity contribution in [2.24, 2.45) is 0 Å². The van der Waals surface area contributed by atoms with Gasteiger partial charge in [0.25, 0.3) is 0 Å². The quantitative estimate of drug-likeness (QED) is 0.0320. The van der Waals surface area contributed by atoms with Crippen molar-refractivity contribution in [2.75, 3.05) is 13.2 Å². The molecular weight excluding hydrogens is 947 g/mol. The second-order valence-corrected chi connectivity index (χ2v) is 24.6. The normalized spacial score (nSPS) is 12.5. The molecule has 0 spiro atoms. The maximum absolute atomic E-state index is 12.5. The van der Waals surface area contributed by atoms with E-state index >= 15 is 0 Å². The molecular formula is C71H139NO5. The highest BCUT2D eigenvalue weighted by molar-refractivity contribution is 5.76. The third kappa shape index (κ3) is 63.6. The summed E-state index contributed by atoms with van der Waals surface area (Å²) in [7, 11) is 0. The van der Waals surface area contributed by atoms with Crippen LogP contribution in [0.1, 0.15) is 406 Å². The molecule has 3 N–H and O–H groups in total. The Morgan fingerprint density at radius 2 is 0.597 bits per heavy atom. The van der Waals surface area contributed by atoms with Gasteiger partial charge in [-0.25, -0.2) is 0 Å². The molecule has 0 rings (SSSR count). The Labute approximate surface area is 482 Å². The van der Waals surface area contributed by atoms with E-state index in [0.29, 0.717) is 19.4 Å². The van der Waals surface area contributed by atoms with Crippen molar-refractivity contribution in [3.63, 3.8) is 0 Å². The van der Waals surface area contributed by atoms with Crippen LogP contribution < -0.4 is 5.32 Å². The van der Waals surface area contributed by atoms with Crippen LogP contribution in [0.5, 0.6) is 0 Å². The number of ether oxygens (including phenoxy) is 1. The molecule has 1 amide bonds. The first-order chi connectivity index (χ1) is 38.0. The van der Waals surface area contributed by atoms with Crippen LogP contribution in [0, 0.1) is 0 Å². The van der Waals surface area contributed by atoms with Crippen LogP contribution in [0.4, 0.5) is 0 Å². The van der Waals surface area contributed by atoms with Gasteiger partial charge >= 0.3 is 5.97 Å². The van der Waals surface area contributed by atoms with Crippen molar-refractivity contribution >= 4 is 11.9 Å². The molecule has 6 nitrogen and oxygen atoms in total. The molecule has 0 aliphatic heterocycles. The van der Waals surface area contributed by atoms with Gasteiger partial charge in [0.1, 0.15) is 0 Å². The zero-order valence-electron chi connectivity index (χ0n) is 52.5. The molecule has 0 saturated carbocycles. The standard InChI is InChI=1S/C71H139NO5/c1-3-5-7-9-11-13-15-17-19-36-39-43-47-51-55-59-63-69(74)68(67-73)72-70(75)64-60-56-52-48-44-40-37-33-31-29-27-25-23-21-20-22-24-26-28-30-32-34-38-42-46-50-54-58-62-66-77-71(76)65-61-57-53-49-45-41-35-18-16-14-12-10-8-6-4-2/h59,63,68-69,73-74H,3-58,60-62,64-67H2,1-2H3,(H,72,75)/b63-59+. The Hall–Kier alpha value is -1.40. The van der Waals surface area contributed by atoms with Gasteiger partial charge in [-0.2, -0.15) is 0 Å². The Kier molecular flexibility index (Phi) is 65.9. The Bertz CT molecular complexity index is 1160. The lowest BCUT2D eigenvalue weighted by molar-refractivity contribution is -0.143. The average Bonchev–Trinajstić information content (AvgIpc) is 3.43. The van der Waals surface area contributed by atoms with E-state index in [1.807, 2.05) is 6.08 Å². The number of esters is 1. The third-order valence-electron chi connectivity index (χ3n) is 16.8. The molecule has 458 valence electrons. The fourth-order valence-electron chi connectivity index (χ4n) is 11.4. The molecule has 0 aliphatic carbocycles. The highest BCUT2D eigenvalue weighted by atomic mass is 16.5. The van der Waals surface area contributed by atoms with Gasteiger partial charge in [0.05, 0.1) is 25.4 Å². The number of carbonyl (C=O) groups is 2. The number of aliphatic hydroxyl groups is 2. The molecule has 0 radical (unpaired) electrons. The average molecular weight is 1090 g/mol. The number of carbonyl (C=O) groups excluding carboxylic acids is 2. The lowest BCUT2D eigenvalue weighted by Gasteiger charge is -2.20. The molecule has 77 heavy (non-hydrogen) atoms. The van der Waals surface area contributed by atoms with E-state index in [1.54, 1.807) is 6.08 Å². The van der Waals surface area contributed by atoms with E-state index in [1.165, 1.54) is 340 Å². The smallest absolute Gasteiger partial charge is 0.305 e. The van der Waals surface area contributed by atoms with E-state index in [0.717, 1.165) is 38.5 Å². The van der Waals surface area contributed by atoms with Crippen molar-refractivity contribution in [2.45, 2.75) is 418 Å². The number of nitrogens with one attached hydrogen (secondary N) is 1. The van der Waals surface area contributed by atoms with Crippen molar-refractivity contribution in [1.82, 2.24) is 5.32 Å². The highest BCUT2D eigenvalue weighted by Crippen LogP contribution is 2.19. The van der Waals surface area contributed by atoms with Crippen LogP contribution in [0.25, 0.3) is 0 Å². The van der Waals surface area contributed by atoms with Gasteiger partial charge in [0.2, 0.25) is 5.91 Å². The molecule has 0 fully saturated rings. The summed E-state index contributed by atoms with van der Waals surface area (Å²) in [4.78, 5) is 24.6. The van der Waals surface area contributed by atoms with E-state index in [2.05, 4.69) is 19.2 Å². The summed E-state index contributed by atoms with van der Waals surface area (Å²) in [6.07, 6.45) is 83.0. The van der Waals surface area contributed by atoms with Gasteiger partial charge in [-0.3, -0.25) is 9.59 Å². The van der Waals surface area contributed by atoms with Crippen LogP contribution in [-0.2, 0) is 14.3 Å². The highest BCUT2D eigenvalue weighted by Gasteiger charge is 2.18. The van der Waals surface area contributed by atoms with Gasteiger partial charge in [-0.05, 0) is 32.1 Å². The Morgan fingerprint density at radius 3 is 0.883 bits per heavy atom. The SMILES string of the molecule is CCCCCCCCCCCCCCCC/C=C/C(O)C(CO)NC(=O)CCCCCCCCCCCCCCCCCCCCCCCCCCCCCCCOC(=O)CCCCCCCCCCCCCCCCC. The van der Waals surface area contributed by atoms with Gasteiger partial charge in [-0.1, -0.05) is 373 Å². The molecule has 0 saturated heterocycles. The van der Waals surface area contributed by atoms with E-state index in [-0.39, 0.29) is 18.5 Å². The minimum atomic E-state index is -0.841. The largest absolute Gasteiger partial charge is 0.466 e. The van der Waals surface area contributed by atoms with Gasteiger partial charge < -0.3 is 20.3 Å². The second-order valence-electron chi connectivity index (χ2n) is 24.6. The van der Waals surface area contributed by atoms with Crippen LogP contribution in [-0.4, -0.2) is 47.4 Å². The Morgan fingerprint density at radius 1 is 0.351 bits per heavy atom. The summed E-state index contributed by atoms with van der Waals surface area (Å²) in [5.41, 5.74) is 0. The minimum absolute atomic E-state index is 0.0230. The maximum atomic E-state index is 12.5. The number of aliphatic hydroxyl groups excluding tert-OH is 2. The zero-order valence-corrected chi connectivity index (χ0v) is 52.5. The maximum Gasteiger partial charge on any atom is 0.305 e. The molecule has 2 atom stereocenters. The minimum Gasteiger partial charge on any atom is -0.466 e.